The molecule has 0 fully saturated rings. The predicted molar refractivity (Wildman–Crippen MR) is 111 cm³/mol. The van der Waals surface area contributed by atoms with Gasteiger partial charge >= 0.3 is 0 Å². The van der Waals surface area contributed by atoms with Crippen LogP contribution in [0.2, 0.25) is 0 Å². The molecule has 0 saturated heterocycles. The lowest BCUT2D eigenvalue weighted by molar-refractivity contribution is 0.952. The minimum Gasteiger partial charge on any atom is -0.307 e. The van der Waals surface area contributed by atoms with E-state index in [2.05, 4.69) is 58.4 Å². The molecular weight excluding hydrogens is 342 g/mol. The summed E-state index contributed by atoms with van der Waals surface area (Å²) in [6.07, 6.45) is 8.70. The zero-order chi connectivity index (χ0) is 18.2. The topological polar surface area (TPSA) is 29.0 Å². The number of nitrogens with zero attached hydrogens (tertiary/aromatic N) is 3. The van der Waals surface area contributed by atoms with Gasteiger partial charge in [0.15, 0.2) is 0 Å². The molecule has 3 heteroatoms. The van der Waals surface area contributed by atoms with Crippen LogP contribution in [0.3, 0.4) is 0 Å². The first-order chi connectivity index (χ1) is 13.9. The van der Waals surface area contributed by atoms with Gasteiger partial charge in [0.2, 0.25) is 0 Å². The Morgan fingerprint density at radius 1 is 0.679 bits per heavy atom. The fraction of sp³-hybridized carbons (Fsp3) is 0.120. The molecule has 4 heterocycles. The quantitative estimate of drug-likeness (QED) is 0.367. The van der Waals surface area contributed by atoms with E-state index in [0.29, 0.717) is 0 Å². The Kier molecular flexibility index (Phi) is 2.64. The van der Waals surface area contributed by atoms with Crippen molar-refractivity contribution in [1.29, 1.82) is 0 Å². The molecule has 3 aliphatic rings. The monoisotopic (exact) mass is 359 g/mol. The molecular formula is C25H17N3. The molecule has 0 saturated carbocycles. The van der Waals surface area contributed by atoms with Gasteiger partial charge in [-0.15, -0.1) is 0 Å². The number of aromatic nitrogens is 2. The summed E-state index contributed by atoms with van der Waals surface area (Å²) in [6.45, 7) is 0. The minimum absolute atomic E-state index is 0.851. The van der Waals surface area contributed by atoms with Gasteiger partial charge in [-0.3, -0.25) is 9.97 Å². The van der Waals surface area contributed by atoms with Crippen molar-refractivity contribution in [2.45, 2.75) is 19.3 Å². The highest BCUT2D eigenvalue weighted by Crippen LogP contribution is 2.55. The SMILES string of the molecule is c1ccc2c(c1)Cc1ccc3c(c1-2)N1c2ccncc2Cc2nccc(c21)C3. The zero-order valence-corrected chi connectivity index (χ0v) is 15.3. The van der Waals surface area contributed by atoms with Crippen LogP contribution in [0.5, 0.6) is 0 Å². The van der Waals surface area contributed by atoms with Crippen LogP contribution in [-0.2, 0) is 19.3 Å². The molecule has 0 bridgehead atoms. The van der Waals surface area contributed by atoms with Gasteiger partial charge in [-0.2, -0.15) is 0 Å². The maximum absolute atomic E-state index is 4.75. The van der Waals surface area contributed by atoms with Crippen LogP contribution in [0, 0.1) is 0 Å². The average molecular weight is 359 g/mol. The smallest absolute Gasteiger partial charge is 0.0716 e. The standard InChI is InChI=1S/C25H17N3/c1-2-4-20-15(3-1)11-16-5-6-17-12-18-7-10-27-21-13-19-14-26-9-8-22(19)28(24(18)21)25(17)23(16)20/h1-10,14H,11-13H2. The lowest BCUT2D eigenvalue weighted by Gasteiger charge is -2.39. The molecule has 7 rings (SSSR count). The van der Waals surface area contributed by atoms with E-state index in [0.717, 1.165) is 25.0 Å². The Balaban J connectivity index is 1.60. The van der Waals surface area contributed by atoms with Crippen LogP contribution in [-0.4, -0.2) is 9.97 Å². The van der Waals surface area contributed by atoms with Crippen molar-refractivity contribution in [3.05, 3.63) is 101 Å². The third kappa shape index (κ3) is 1.74. The highest BCUT2D eigenvalue weighted by atomic mass is 15.2. The Morgan fingerprint density at radius 3 is 2.54 bits per heavy atom. The molecule has 3 nitrogen and oxygen atoms in total. The van der Waals surface area contributed by atoms with E-state index in [9.17, 15) is 0 Å². The maximum atomic E-state index is 4.75. The number of hydrogen-bond acceptors (Lipinski definition) is 3. The van der Waals surface area contributed by atoms with E-state index in [1.807, 2.05) is 18.6 Å². The fourth-order valence-electron chi connectivity index (χ4n) is 5.25. The molecule has 1 aliphatic carbocycles. The predicted octanol–water partition coefficient (Wildman–Crippen LogP) is 5.33. The van der Waals surface area contributed by atoms with Gasteiger partial charge < -0.3 is 4.90 Å². The fourth-order valence-corrected chi connectivity index (χ4v) is 5.25. The molecule has 2 aromatic heterocycles. The van der Waals surface area contributed by atoms with Crippen LogP contribution in [0.25, 0.3) is 11.1 Å². The van der Waals surface area contributed by atoms with E-state index in [4.69, 9.17) is 4.98 Å². The molecule has 132 valence electrons. The highest BCUT2D eigenvalue weighted by Gasteiger charge is 2.36. The van der Waals surface area contributed by atoms with Gasteiger partial charge in [0.25, 0.3) is 0 Å². The molecule has 0 spiro atoms. The normalized spacial score (nSPS) is 14.6. The third-order valence-corrected chi connectivity index (χ3v) is 6.40. The number of rotatable bonds is 0. The summed E-state index contributed by atoms with van der Waals surface area (Å²) in [5.74, 6) is 0. The first-order valence-corrected chi connectivity index (χ1v) is 9.81. The van der Waals surface area contributed by atoms with Gasteiger partial charge in [-0.25, -0.2) is 0 Å². The summed E-state index contributed by atoms with van der Waals surface area (Å²) in [5.41, 5.74) is 14.7. The van der Waals surface area contributed by atoms with Crippen LogP contribution < -0.4 is 4.90 Å². The molecule has 0 radical (unpaired) electrons. The van der Waals surface area contributed by atoms with Crippen LogP contribution >= 0.6 is 0 Å². The number of anilines is 3. The minimum atomic E-state index is 0.851. The number of benzene rings is 2. The summed E-state index contributed by atoms with van der Waals surface area (Å²) in [5, 5.41) is 0. The van der Waals surface area contributed by atoms with E-state index < -0.39 is 0 Å². The molecule has 0 unspecified atom stereocenters. The zero-order valence-electron chi connectivity index (χ0n) is 15.3. The second-order valence-electron chi connectivity index (χ2n) is 7.90. The summed E-state index contributed by atoms with van der Waals surface area (Å²) in [7, 11) is 0. The molecule has 28 heavy (non-hydrogen) atoms. The van der Waals surface area contributed by atoms with Crippen molar-refractivity contribution in [2.24, 2.45) is 0 Å². The van der Waals surface area contributed by atoms with E-state index >= 15 is 0 Å². The molecule has 0 amide bonds. The van der Waals surface area contributed by atoms with Crippen molar-refractivity contribution in [1.82, 2.24) is 9.97 Å². The first-order valence-electron chi connectivity index (χ1n) is 9.81. The van der Waals surface area contributed by atoms with Gasteiger partial charge in [0.1, 0.15) is 0 Å². The number of fused-ring (bicyclic) bond motifs is 8. The lowest BCUT2D eigenvalue weighted by atomic mass is 9.86. The Labute approximate surface area is 163 Å². The largest absolute Gasteiger partial charge is 0.307 e. The van der Waals surface area contributed by atoms with Crippen molar-refractivity contribution in [3.8, 4) is 11.1 Å². The third-order valence-electron chi connectivity index (χ3n) is 6.40. The summed E-state index contributed by atoms with van der Waals surface area (Å²) >= 11 is 0. The lowest BCUT2D eigenvalue weighted by Crippen LogP contribution is -2.26. The van der Waals surface area contributed by atoms with E-state index in [-0.39, 0.29) is 0 Å². The highest BCUT2D eigenvalue weighted by molar-refractivity contribution is 5.98. The average Bonchev–Trinajstić information content (AvgIpc) is 3.12. The number of hydrogen-bond donors (Lipinski definition) is 0. The second-order valence-corrected chi connectivity index (χ2v) is 7.90. The van der Waals surface area contributed by atoms with Crippen LogP contribution in [0.1, 0.15) is 33.5 Å². The first kappa shape index (κ1) is 14.6. The Bertz CT molecular complexity index is 1290. The molecule has 0 atom stereocenters. The van der Waals surface area contributed by atoms with Crippen LogP contribution in [0.4, 0.5) is 17.1 Å². The molecule has 0 N–H and O–H groups in total. The van der Waals surface area contributed by atoms with Gasteiger partial charge in [-0.05, 0) is 46.4 Å². The van der Waals surface area contributed by atoms with Crippen molar-refractivity contribution >= 4 is 17.1 Å². The van der Waals surface area contributed by atoms with E-state index in [1.165, 1.54) is 56.0 Å². The number of pyridine rings is 2. The van der Waals surface area contributed by atoms with Crippen molar-refractivity contribution in [3.63, 3.8) is 0 Å². The summed E-state index contributed by atoms with van der Waals surface area (Å²) in [6, 6.07) is 17.9. The van der Waals surface area contributed by atoms with Crippen molar-refractivity contribution in [2.75, 3.05) is 4.90 Å². The Morgan fingerprint density at radius 2 is 1.54 bits per heavy atom. The summed E-state index contributed by atoms with van der Waals surface area (Å²) in [4.78, 5) is 11.6. The second kappa shape index (κ2) is 5.08. The van der Waals surface area contributed by atoms with Gasteiger partial charge in [-0.1, -0.05) is 36.4 Å². The summed E-state index contributed by atoms with van der Waals surface area (Å²) < 4.78 is 0. The molecule has 4 aromatic rings. The van der Waals surface area contributed by atoms with Crippen LogP contribution in [0.15, 0.2) is 67.1 Å². The van der Waals surface area contributed by atoms with Gasteiger partial charge in [0.05, 0.1) is 22.8 Å². The van der Waals surface area contributed by atoms with Gasteiger partial charge in [0, 0.05) is 42.6 Å². The van der Waals surface area contributed by atoms with Crippen molar-refractivity contribution < 1.29 is 0 Å². The molecule has 2 aliphatic heterocycles. The van der Waals surface area contributed by atoms with E-state index in [1.54, 1.807) is 0 Å². The maximum Gasteiger partial charge on any atom is 0.0716 e. The molecule has 2 aromatic carbocycles. The Hall–Kier alpha value is -3.46.